The van der Waals surface area contributed by atoms with Crippen molar-refractivity contribution in [1.82, 2.24) is 10.3 Å². The van der Waals surface area contributed by atoms with Gasteiger partial charge in [-0.25, -0.2) is 0 Å². The molecule has 8 nitrogen and oxygen atoms in total. The highest BCUT2D eigenvalue weighted by Crippen LogP contribution is 2.35. The second-order valence-corrected chi connectivity index (χ2v) is 10.0. The number of nitrogens with one attached hydrogen (secondary N) is 3. The molecule has 1 aliphatic rings. The molecule has 4 rings (SSSR count). The Morgan fingerprint density at radius 1 is 1.19 bits per heavy atom. The zero-order chi connectivity index (χ0) is 26.5. The summed E-state index contributed by atoms with van der Waals surface area (Å²) < 4.78 is 5.39. The maximum atomic E-state index is 13.3. The van der Waals surface area contributed by atoms with Crippen molar-refractivity contribution in [3.05, 3.63) is 59.8 Å². The number of benzene rings is 2. The molecule has 0 fully saturated rings. The first-order valence-electron chi connectivity index (χ1n) is 12.6. The van der Waals surface area contributed by atoms with Crippen molar-refractivity contribution in [2.75, 3.05) is 12.4 Å². The van der Waals surface area contributed by atoms with E-state index in [9.17, 15) is 19.6 Å². The number of aromatic amines is 1. The van der Waals surface area contributed by atoms with Crippen LogP contribution in [0, 0.1) is 23.2 Å². The molecule has 0 bridgehead atoms. The number of ether oxygens (including phenoxy) is 1. The summed E-state index contributed by atoms with van der Waals surface area (Å²) in [5.41, 5.74) is 2.90. The van der Waals surface area contributed by atoms with Crippen molar-refractivity contribution < 1.29 is 19.1 Å². The van der Waals surface area contributed by atoms with Crippen LogP contribution in [0.1, 0.15) is 61.5 Å². The zero-order valence-corrected chi connectivity index (χ0v) is 21.3. The van der Waals surface area contributed by atoms with Crippen LogP contribution in [-0.2, 0) is 9.59 Å². The molecule has 8 heteroatoms. The number of Topliss-reactive ketones (excluding diaryl/α,β-unsaturated/α-hetero) is 1. The molecular weight excluding hydrogens is 468 g/mol. The molecule has 37 heavy (non-hydrogen) atoms. The minimum Gasteiger partial charge on any atom is -0.496 e. The van der Waals surface area contributed by atoms with Gasteiger partial charge in [-0.1, -0.05) is 38.1 Å². The second-order valence-electron chi connectivity index (χ2n) is 10.0. The van der Waals surface area contributed by atoms with Crippen LogP contribution < -0.4 is 15.4 Å². The lowest BCUT2D eigenvalue weighted by atomic mass is 9.85. The Morgan fingerprint density at radius 2 is 1.97 bits per heavy atom. The van der Waals surface area contributed by atoms with E-state index in [1.807, 2.05) is 56.3 Å². The van der Waals surface area contributed by atoms with Crippen LogP contribution in [0.3, 0.4) is 0 Å². The van der Waals surface area contributed by atoms with E-state index in [1.165, 1.54) is 0 Å². The topological polar surface area (TPSA) is 124 Å². The largest absolute Gasteiger partial charge is 0.496 e. The Hall–Kier alpha value is -4.12. The number of fused-ring (bicyclic) bond motifs is 2. The molecule has 2 heterocycles. The first kappa shape index (κ1) is 26.0. The minimum atomic E-state index is -0.779. The number of aromatic nitrogens is 1. The number of nitrogens with zero attached hydrogens (tertiary/aromatic N) is 1. The summed E-state index contributed by atoms with van der Waals surface area (Å²) in [4.78, 5) is 41.8. The van der Waals surface area contributed by atoms with Gasteiger partial charge in [0.25, 0.3) is 0 Å². The monoisotopic (exact) mass is 500 g/mol. The Bertz CT molecular complexity index is 1350. The molecule has 1 unspecified atom stereocenters. The summed E-state index contributed by atoms with van der Waals surface area (Å²) in [5, 5.41) is 16.3. The molecule has 0 aliphatic carbocycles. The number of para-hydroxylation sites is 1. The van der Waals surface area contributed by atoms with Crippen LogP contribution >= 0.6 is 0 Å². The van der Waals surface area contributed by atoms with E-state index in [0.29, 0.717) is 24.3 Å². The molecule has 0 spiro atoms. The molecule has 3 aromatic rings. The number of amides is 2. The van der Waals surface area contributed by atoms with E-state index in [2.05, 4.69) is 21.7 Å². The minimum absolute atomic E-state index is 0.0198. The third-order valence-electron chi connectivity index (χ3n) is 6.80. The summed E-state index contributed by atoms with van der Waals surface area (Å²) >= 11 is 0. The van der Waals surface area contributed by atoms with Crippen molar-refractivity contribution in [3.8, 4) is 11.8 Å². The van der Waals surface area contributed by atoms with E-state index in [0.717, 1.165) is 22.2 Å². The summed E-state index contributed by atoms with van der Waals surface area (Å²) in [6, 6.07) is 16.2. The van der Waals surface area contributed by atoms with Gasteiger partial charge in [-0.15, -0.1) is 0 Å². The SMILES string of the molecule is COc1cccc2[nH]c(C(=O)C[C@@H](CC(C)C)C(=O)N[C@H](C#N)CC3CC(=O)Nc4ccccc43)cc12. The fourth-order valence-electron chi connectivity index (χ4n) is 5.07. The zero-order valence-electron chi connectivity index (χ0n) is 21.3. The van der Waals surface area contributed by atoms with E-state index in [1.54, 1.807) is 13.2 Å². The molecule has 0 saturated heterocycles. The van der Waals surface area contributed by atoms with Crippen LogP contribution in [0.5, 0.6) is 5.75 Å². The second kappa shape index (κ2) is 11.3. The van der Waals surface area contributed by atoms with Gasteiger partial charge in [-0.2, -0.15) is 5.26 Å². The van der Waals surface area contributed by atoms with Gasteiger partial charge in [0, 0.05) is 35.3 Å². The van der Waals surface area contributed by atoms with Crippen molar-refractivity contribution >= 4 is 34.2 Å². The molecule has 2 aromatic carbocycles. The smallest absolute Gasteiger partial charge is 0.224 e. The summed E-state index contributed by atoms with van der Waals surface area (Å²) in [7, 11) is 1.58. The fraction of sp³-hybridized carbons (Fsp3) is 0.379. The number of ketones is 1. The average Bonchev–Trinajstić information content (AvgIpc) is 3.32. The highest BCUT2D eigenvalue weighted by molar-refractivity contribution is 6.02. The van der Waals surface area contributed by atoms with Crippen LogP contribution in [-0.4, -0.2) is 35.7 Å². The molecule has 2 amide bonds. The van der Waals surface area contributed by atoms with Crippen molar-refractivity contribution in [2.24, 2.45) is 11.8 Å². The lowest BCUT2D eigenvalue weighted by molar-refractivity contribution is -0.125. The lowest BCUT2D eigenvalue weighted by Crippen LogP contribution is -2.40. The highest BCUT2D eigenvalue weighted by Gasteiger charge is 2.30. The number of methoxy groups -OCH3 is 1. The van der Waals surface area contributed by atoms with Gasteiger partial charge < -0.3 is 20.4 Å². The maximum absolute atomic E-state index is 13.3. The van der Waals surface area contributed by atoms with Crippen molar-refractivity contribution in [1.29, 1.82) is 5.26 Å². The number of carbonyl (C=O) groups is 3. The number of rotatable bonds is 10. The predicted molar refractivity (Wildman–Crippen MR) is 141 cm³/mol. The standard InChI is InChI=1S/C29H32N4O4/c1-17(2)11-19(13-26(34)25-15-22-24(32-25)9-6-10-27(22)37-3)29(36)31-20(16-30)12-18-14-28(35)33-23-8-5-4-7-21(18)23/h4-10,15,17-20,32H,11-14H2,1-3H3,(H,31,36)(H,33,35)/t18?,19-,20+/m1/s1. The maximum Gasteiger partial charge on any atom is 0.224 e. The molecule has 0 saturated carbocycles. The van der Waals surface area contributed by atoms with Crippen LogP contribution in [0.4, 0.5) is 5.69 Å². The Morgan fingerprint density at radius 3 is 2.70 bits per heavy atom. The number of hydrogen-bond acceptors (Lipinski definition) is 5. The fourth-order valence-corrected chi connectivity index (χ4v) is 5.07. The molecular formula is C29H32N4O4. The van der Waals surface area contributed by atoms with Crippen LogP contribution in [0.15, 0.2) is 48.5 Å². The number of H-pyrrole nitrogens is 1. The van der Waals surface area contributed by atoms with E-state index < -0.39 is 12.0 Å². The summed E-state index contributed by atoms with van der Waals surface area (Å²) in [5.74, 6) is -0.522. The van der Waals surface area contributed by atoms with Crippen LogP contribution in [0.2, 0.25) is 0 Å². The molecule has 192 valence electrons. The van der Waals surface area contributed by atoms with Gasteiger partial charge in [0.05, 0.1) is 18.9 Å². The van der Waals surface area contributed by atoms with Crippen molar-refractivity contribution in [2.45, 2.75) is 51.5 Å². The first-order valence-corrected chi connectivity index (χ1v) is 12.6. The van der Waals surface area contributed by atoms with E-state index in [-0.39, 0.29) is 42.3 Å². The number of anilines is 1. The predicted octanol–water partition coefficient (Wildman–Crippen LogP) is 4.94. The molecule has 3 atom stereocenters. The first-order chi connectivity index (χ1) is 17.8. The molecule has 1 aromatic heterocycles. The van der Waals surface area contributed by atoms with E-state index >= 15 is 0 Å². The highest BCUT2D eigenvalue weighted by atomic mass is 16.5. The van der Waals surface area contributed by atoms with Crippen molar-refractivity contribution in [3.63, 3.8) is 0 Å². The summed E-state index contributed by atoms with van der Waals surface area (Å²) in [6.07, 6.45) is 1.10. The van der Waals surface area contributed by atoms with Gasteiger partial charge in [0.1, 0.15) is 11.8 Å². The molecule has 1 aliphatic heterocycles. The van der Waals surface area contributed by atoms with Gasteiger partial charge in [0.2, 0.25) is 11.8 Å². The van der Waals surface area contributed by atoms with Gasteiger partial charge in [-0.3, -0.25) is 14.4 Å². The van der Waals surface area contributed by atoms with Gasteiger partial charge in [0.15, 0.2) is 5.78 Å². The third kappa shape index (κ3) is 6.00. The Balaban J connectivity index is 1.47. The van der Waals surface area contributed by atoms with Gasteiger partial charge in [-0.05, 0) is 54.5 Å². The normalized spacial score (nSPS) is 16.4. The number of hydrogen-bond donors (Lipinski definition) is 3. The average molecular weight is 501 g/mol. The Labute approximate surface area is 216 Å². The number of carbonyl (C=O) groups excluding carboxylic acids is 3. The Kier molecular flexibility index (Phi) is 7.92. The summed E-state index contributed by atoms with van der Waals surface area (Å²) in [6.45, 7) is 4.00. The molecule has 0 radical (unpaired) electrons. The quantitative estimate of drug-likeness (QED) is 0.340. The van der Waals surface area contributed by atoms with Gasteiger partial charge >= 0.3 is 0 Å². The molecule has 3 N–H and O–H groups in total. The van der Waals surface area contributed by atoms with E-state index in [4.69, 9.17) is 4.74 Å². The number of nitriles is 1. The lowest BCUT2D eigenvalue weighted by Gasteiger charge is -2.28. The van der Waals surface area contributed by atoms with Crippen LogP contribution in [0.25, 0.3) is 10.9 Å². The third-order valence-corrected chi connectivity index (χ3v) is 6.80.